The molecule has 0 saturated carbocycles. The highest BCUT2D eigenvalue weighted by Crippen LogP contribution is 2.11. The topological polar surface area (TPSA) is 24.9 Å². The number of pyridine rings is 1. The Labute approximate surface area is 80.4 Å². The van der Waals surface area contributed by atoms with Crippen molar-refractivity contribution in [1.82, 2.24) is 4.98 Å². The predicted molar refractivity (Wildman–Crippen MR) is 57.0 cm³/mol. The first-order chi connectivity index (χ1) is 6.26. The summed E-state index contributed by atoms with van der Waals surface area (Å²) in [6, 6.07) is 4.69. The van der Waals surface area contributed by atoms with Gasteiger partial charge in [-0.15, -0.1) is 0 Å². The minimum absolute atomic E-state index is 0.585. The molecule has 0 unspecified atom stereocenters. The maximum Gasteiger partial charge on any atom is 0.0393 e. The van der Waals surface area contributed by atoms with E-state index in [9.17, 15) is 0 Å². The molecule has 1 N–H and O–H groups in total. The van der Waals surface area contributed by atoms with Gasteiger partial charge in [0.1, 0.15) is 0 Å². The molecular weight excluding hydrogens is 160 g/mol. The van der Waals surface area contributed by atoms with E-state index in [1.807, 2.05) is 19.2 Å². The van der Waals surface area contributed by atoms with Gasteiger partial charge in [-0.05, 0) is 31.9 Å². The van der Waals surface area contributed by atoms with Crippen LogP contribution in [0.15, 0.2) is 18.3 Å². The quantitative estimate of drug-likeness (QED) is 0.766. The van der Waals surface area contributed by atoms with E-state index in [2.05, 4.69) is 30.2 Å². The zero-order chi connectivity index (χ0) is 9.68. The second kappa shape index (κ2) is 4.85. The fourth-order valence-electron chi connectivity index (χ4n) is 1.36. The van der Waals surface area contributed by atoms with Crippen LogP contribution in [-0.4, -0.2) is 11.0 Å². The van der Waals surface area contributed by atoms with Gasteiger partial charge < -0.3 is 5.32 Å². The second-order valence-electron chi connectivity index (χ2n) is 3.34. The van der Waals surface area contributed by atoms with Crippen LogP contribution in [0.25, 0.3) is 0 Å². The summed E-state index contributed by atoms with van der Waals surface area (Å²) in [6.07, 6.45) is 4.18. The third-order valence-electron chi connectivity index (χ3n) is 2.25. The lowest BCUT2D eigenvalue weighted by Gasteiger charge is -2.16. The van der Waals surface area contributed by atoms with Gasteiger partial charge in [0.05, 0.1) is 0 Å². The van der Waals surface area contributed by atoms with Crippen molar-refractivity contribution >= 4 is 5.69 Å². The average Bonchev–Trinajstić information content (AvgIpc) is 2.14. The molecule has 13 heavy (non-hydrogen) atoms. The van der Waals surface area contributed by atoms with E-state index in [4.69, 9.17) is 0 Å². The molecule has 1 rings (SSSR count). The van der Waals surface area contributed by atoms with Crippen molar-refractivity contribution in [3.05, 3.63) is 24.0 Å². The van der Waals surface area contributed by atoms with E-state index in [1.54, 1.807) is 0 Å². The van der Waals surface area contributed by atoms with Gasteiger partial charge in [-0.25, -0.2) is 0 Å². The third-order valence-corrected chi connectivity index (χ3v) is 2.25. The largest absolute Gasteiger partial charge is 0.382 e. The number of aromatic nitrogens is 1. The lowest BCUT2D eigenvalue weighted by Crippen LogP contribution is -2.16. The molecule has 0 fully saturated rings. The Kier molecular flexibility index (Phi) is 3.74. The van der Waals surface area contributed by atoms with Crippen molar-refractivity contribution in [1.29, 1.82) is 0 Å². The number of aryl methyl sites for hydroxylation is 1. The lowest BCUT2D eigenvalue weighted by atomic mass is 10.1. The Morgan fingerprint density at radius 2 is 2.08 bits per heavy atom. The maximum atomic E-state index is 4.16. The SMILES string of the molecule is CCC(CC)Nc1ccnc(C)c1. The number of nitrogens with zero attached hydrogens (tertiary/aromatic N) is 1. The van der Waals surface area contributed by atoms with Crippen molar-refractivity contribution < 1.29 is 0 Å². The minimum Gasteiger partial charge on any atom is -0.382 e. The zero-order valence-electron chi connectivity index (χ0n) is 8.67. The number of anilines is 1. The van der Waals surface area contributed by atoms with Crippen LogP contribution in [0.4, 0.5) is 5.69 Å². The highest BCUT2D eigenvalue weighted by molar-refractivity contribution is 5.43. The minimum atomic E-state index is 0.585. The van der Waals surface area contributed by atoms with Crippen LogP contribution >= 0.6 is 0 Å². The van der Waals surface area contributed by atoms with Gasteiger partial charge in [0.15, 0.2) is 0 Å². The summed E-state index contributed by atoms with van der Waals surface area (Å²) in [5, 5.41) is 3.48. The number of hydrogen-bond donors (Lipinski definition) is 1. The normalized spacial score (nSPS) is 10.5. The molecule has 0 aromatic carbocycles. The van der Waals surface area contributed by atoms with E-state index in [0.29, 0.717) is 6.04 Å². The average molecular weight is 178 g/mol. The summed E-state index contributed by atoms with van der Waals surface area (Å²) < 4.78 is 0. The van der Waals surface area contributed by atoms with Crippen molar-refractivity contribution in [2.45, 2.75) is 39.7 Å². The second-order valence-corrected chi connectivity index (χ2v) is 3.34. The van der Waals surface area contributed by atoms with Gasteiger partial charge in [0, 0.05) is 23.6 Å². The van der Waals surface area contributed by atoms with Gasteiger partial charge in [-0.3, -0.25) is 4.98 Å². The molecule has 0 saturated heterocycles. The van der Waals surface area contributed by atoms with Crippen molar-refractivity contribution in [3.63, 3.8) is 0 Å². The van der Waals surface area contributed by atoms with E-state index in [0.717, 1.165) is 18.5 Å². The molecule has 1 heterocycles. The highest BCUT2D eigenvalue weighted by atomic mass is 14.9. The standard InChI is InChI=1S/C11H18N2/c1-4-10(5-2)13-11-6-7-12-9(3)8-11/h6-8,10H,4-5H2,1-3H3,(H,12,13). The summed E-state index contributed by atoms with van der Waals surface area (Å²) in [5.41, 5.74) is 2.25. The number of nitrogens with one attached hydrogen (secondary N) is 1. The molecule has 0 aliphatic rings. The smallest absolute Gasteiger partial charge is 0.0393 e. The van der Waals surface area contributed by atoms with E-state index in [-0.39, 0.29) is 0 Å². The van der Waals surface area contributed by atoms with Crippen molar-refractivity contribution in [2.24, 2.45) is 0 Å². The summed E-state index contributed by atoms with van der Waals surface area (Å²) in [4.78, 5) is 4.16. The van der Waals surface area contributed by atoms with Gasteiger partial charge in [0.2, 0.25) is 0 Å². The molecule has 0 bridgehead atoms. The number of rotatable bonds is 4. The molecule has 72 valence electrons. The zero-order valence-corrected chi connectivity index (χ0v) is 8.67. The summed E-state index contributed by atoms with van der Waals surface area (Å²) in [5.74, 6) is 0. The fraction of sp³-hybridized carbons (Fsp3) is 0.545. The van der Waals surface area contributed by atoms with E-state index < -0.39 is 0 Å². The van der Waals surface area contributed by atoms with E-state index in [1.165, 1.54) is 5.69 Å². The highest BCUT2D eigenvalue weighted by Gasteiger charge is 2.02. The first kappa shape index (κ1) is 10.0. The van der Waals surface area contributed by atoms with Crippen LogP contribution in [0.5, 0.6) is 0 Å². The van der Waals surface area contributed by atoms with Crippen LogP contribution < -0.4 is 5.32 Å². The van der Waals surface area contributed by atoms with Crippen LogP contribution in [0, 0.1) is 6.92 Å². The molecule has 0 spiro atoms. The Bertz CT molecular complexity index is 254. The summed E-state index contributed by atoms with van der Waals surface area (Å²) in [6.45, 7) is 6.42. The Morgan fingerprint density at radius 3 is 2.62 bits per heavy atom. The Hall–Kier alpha value is -1.05. The van der Waals surface area contributed by atoms with Crippen molar-refractivity contribution in [3.8, 4) is 0 Å². The van der Waals surface area contributed by atoms with Crippen LogP contribution in [0.1, 0.15) is 32.4 Å². The molecule has 1 aromatic heterocycles. The predicted octanol–water partition coefficient (Wildman–Crippen LogP) is 2.99. The van der Waals surface area contributed by atoms with Gasteiger partial charge >= 0.3 is 0 Å². The maximum absolute atomic E-state index is 4.16. The Morgan fingerprint density at radius 1 is 1.38 bits per heavy atom. The fourth-order valence-corrected chi connectivity index (χ4v) is 1.36. The lowest BCUT2D eigenvalue weighted by molar-refractivity contribution is 0.671. The molecule has 0 aliphatic carbocycles. The molecule has 0 radical (unpaired) electrons. The van der Waals surface area contributed by atoms with Crippen LogP contribution in [0.3, 0.4) is 0 Å². The first-order valence-electron chi connectivity index (χ1n) is 4.95. The molecular formula is C11H18N2. The molecule has 0 atom stereocenters. The molecule has 0 aliphatic heterocycles. The molecule has 0 amide bonds. The van der Waals surface area contributed by atoms with E-state index >= 15 is 0 Å². The summed E-state index contributed by atoms with van der Waals surface area (Å²) >= 11 is 0. The van der Waals surface area contributed by atoms with Gasteiger partial charge in [-0.2, -0.15) is 0 Å². The molecule has 1 aromatic rings. The Balaban J connectivity index is 2.62. The van der Waals surface area contributed by atoms with Gasteiger partial charge in [-0.1, -0.05) is 13.8 Å². The molecule has 2 nitrogen and oxygen atoms in total. The van der Waals surface area contributed by atoms with Crippen LogP contribution in [0.2, 0.25) is 0 Å². The van der Waals surface area contributed by atoms with Gasteiger partial charge in [0.25, 0.3) is 0 Å². The van der Waals surface area contributed by atoms with Crippen molar-refractivity contribution in [2.75, 3.05) is 5.32 Å². The third kappa shape index (κ3) is 3.05. The first-order valence-corrected chi connectivity index (χ1v) is 4.95. The van der Waals surface area contributed by atoms with Crippen LogP contribution in [-0.2, 0) is 0 Å². The summed E-state index contributed by atoms with van der Waals surface area (Å²) in [7, 11) is 0. The number of hydrogen-bond acceptors (Lipinski definition) is 2. The monoisotopic (exact) mass is 178 g/mol. The molecule has 2 heteroatoms.